The Morgan fingerprint density at radius 3 is 2.32 bits per heavy atom. The number of carbonyl (C=O) groups is 2. The van der Waals surface area contributed by atoms with Gasteiger partial charge in [0.25, 0.3) is 0 Å². The number of primary amides is 2. The SMILES string of the molecule is NC(=O)C1=CC=CC(C(N)=O)(c2ccc(F)cc2)C1. The number of hydrogen-bond donors (Lipinski definition) is 2. The van der Waals surface area contributed by atoms with Crippen molar-refractivity contribution < 1.29 is 14.0 Å². The fourth-order valence-electron chi connectivity index (χ4n) is 2.17. The van der Waals surface area contributed by atoms with Crippen LogP contribution in [0, 0.1) is 5.82 Å². The molecule has 1 aliphatic carbocycles. The lowest BCUT2D eigenvalue weighted by Gasteiger charge is -2.30. The lowest BCUT2D eigenvalue weighted by atomic mass is 9.72. The molecule has 2 rings (SSSR count). The van der Waals surface area contributed by atoms with E-state index in [1.54, 1.807) is 18.2 Å². The summed E-state index contributed by atoms with van der Waals surface area (Å²) in [6, 6.07) is 5.45. The Morgan fingerprint density at radius 2 is 1.79 bits per heavy atom. The normalized spacial score (nSPS) is 21.8. The maximum atomic E-state index is 13.0. The second kappa shape index (κ2) is 4.68. The van der Waals surface area contributed by atoms with Crippen LogP contribution < -0.4 is 11.5 Å². The van der Waals surface area contributed by atoms with Crippen molar-refractivity contribution in [3.05, 3.63) is 59.4 Å². The molecule has 0 aromatic heterocycles. The zero-order valence-corrected chi connectivity index (χ0v) is 10.1. The fraction of sp³-hybridized carbons (Fsp3) is 0.143. The molecule has 0 saturated heterocycles. The molecule has 1 aromatic carbocycles. The molecular formula is C14H13FN2O2. The van der Waals surface area contributed by atoms with E-state index >= 15 is 0 Å². The van der Waals surface area contributed by atoms with E-state index in [0.29, 0.717) is 11.1 Å². The Hall–Kier alpha value is -2.43. The summed E-state index contributed by atoms with van der Waals surface area (Å²) in [7, 11) is 0. The van der Waals surface area contributed by atoms with E-state index in [0.717, 1.165) is 0 Å². The Labute approximate surface area is 109 Å². The number of benzene rings is 1. The quantitative estimate of drug-likeness (QED) is 0.846. The number of amides is 2. The maximum Gasteiger partial charge on any atom is 0.244 e. The molecule has 1 atom stereocenters. The van der Waals surface area contributed by atoms with Crippen LogP contribution in [0.4, 0.5) is 4.39 Å². The lowest BCUT2D eigenvalue weighted by molar-refractivity contribution is -0.122. The van der Waals surface area contributed by atoms with Crippen LogP contribution in [0.5, 0.6) is 0 Å². The van der Waals surface area contributed by atoms with Crippen molar-refractivity contribution >= 4 is 11.8 Å². The van der Waals surface area contributed by atoms with E-state index in [9.17, 15) is 14.0 Å². The van der Waals surface area contributed by atoms with Crippen LogP contribution in [-0.4, -0.2) is 11.8 Å². The first kappa shape index (κ1) is 13.0. The highest BCUT2D eigenvalue weighted by atomic mass is 19.1. The topological polar surface area (TPSA) is 86.2 Å². The van der Waals surface area contributed by atoms with Gasteiger partial charge in [-0.05, 0) is 24.1 Å². The Kier molecular flexibility index (Phi) is 3.21. The minimum absolute atomic E-state index is 0.0831. The molecule has 98 valence electrons. The highest BCUT2D eigenvalue weighted by molar-refractivity contribution is 5.97. The van der Waals surface area contributed by atoms with Crippen molar-refractivity contribution in [3.63, 3.8) is 0 Å². The molecule has 1 aromatic rings. The molecule has 0 saturated carbocycles. The number of carbonyl (C=O) groups excluding carboxylic acids is 2. The largest absolute Gasteiger partial charge is 0.369 e. The van der Waals surface area contributed by atoms with Crippen LogP contribution in [-0.2, 0) is 15.0 Å². The average molecular weight is 260 g/mol. The van der Waals surface area contributed by atoms with Crippen LogP contribution in [0.3, 0.4) is 0 Å². The van der Waals surface area contributed by atoms with Gasteiger partial charge in [0, 0.05) is 5.57 Å². The van der Waals surface area contributed by atoms with Crippen molar-refractivity contribution in [2.75, 3.05) is 0 Å². The fourth-order valence-corrected chi connectivity index (χ4v) is 2.17. The van der Waals surface area contributed by atoms with Gasteiger partial charge in [-0.2, -0.15) is 0 Å². The van der Waals surface area contributed by atoms with E-state index < -0.39 is 23.0 Å². The summed E-state index contributed by atoms with van der Waals surface area (Å²) in [4.78, 5) is 23.1. The average Bonchev–Trinajstić information content (AvgIpc) is 2.39. The van der Waals surface area contributed by atoms with Gasteiger partial charge < -0.3 is 11.5 Å². The van der Waals surface area contributed by atoms with Crippen molar-refractivity contribution in [2.45, 2.75) is 11.8 Å². The summed E-state index contributed by atoms with van der Waals surface area (Å²) in [6.07, 6.45) is 4.81. The van der Waals surface area contributed by atoms with E-state index in [1.807, 2.05) is 0 Å². The van der Waals surface area contributed by atoms with Gasteiger partial charge in [-0.1, -0.05) is 30.4 Å². The van der Waals surface area contributed by atoms with E-state index in [2.05, 4.69) is 0 Å². The first-order valence-electron chi connectivity index (χ1n) is 5.70. The third-order valence-corrected chi connectivity index (χ3v) is 3.26. The highest BCUT2D eigenvalue weighted by Crippen LogP contribution is 2.35. The van der Waals surface area contributed by atoms with Crippen molar-refractivity contribution in [2.24, 2.45) is 11.5 Å². The van der Waals surface area contributed by atoms with Crippen molar-refractivity contribution in [3.8, 4) is 0 Å². The van der Waals surface area contributed by atoms with Gasteiger partial charge >= 0.3 is 0 Å². The van der Waals surface area contributed by atoms with Gasteiger partial charge in [-0.25, -0.2) is 4.39 Å². The van der Waals surface area contributed by atoms with Crippen LogP contribution in [0.1, 0.15) is 12.0 Å². The summed E-state index contributed by atoms with van der Waals surface area (Å²) in [5.74, 6) is -1.62. The molecule has 5 heteroatoms. The standard InChI is InChI=1S/C14H13FN2O2/c15-11-5-3-10(4-6-11)14(13(17)19)7-1-2-9(8-14)12(16)18/h1-7H,8H2,(H2,16,18)(H2,17,19). The molecule has 1 unspecified atom stereocenters. The lowest BCUT2D eigenvalue weighted by Crippen LogP contribution is -2.42. The minimum Gasteiger partial charge on any atom is -0.369 e. The molecule has 4 N–H and O–H groups in total. The van der Waals surface area contributed by atoms with Crippen molar-refractivity contribution in [1.82, 2.24) is 0 Å². The second-order valence-electron chi connectivity index (χ2n) is 4.43. The Balaban J connectivity index is 2.49. The number of nitrogens with two attached hydrogens (primary N) is 2. The molecule has 0 radical (unpaired) electrons. The number of allylic oxidation sites excluding steroid dienone is 2. The smallest absolute Gasteiger partial charge is 0.244 e. The zero-order valence-electron chi connectivity index (χ0n) is 10.1. The van der Waals surface area contributed by atoms with Gasteiger partial charge in [-0.3, -0.25) is 9.59 Å². The van der Waals surface area contributed by atoms with E-state index in [-0.39, 0.29) is 6.42 Å². The third-order valence-electron chi connectivity index (χ3n) is 3.26. The number of halogens is 1. The van der Waals surface area contributed by atoms with E-state index in [4.69, 9.17) is 11.5 Å². The second-order valence-corrected chi connectivity index (χ2v) is 4.43. The summed E-state index contributed by atoms with van der Waals surface area (Å²) in [5.41, 5.74) is 10.4. The molecule has 2 amide bonds. The number of rotatable bonds is 3. The van der Waals surface area contributed by atoms with E-state index in [1.165, 1.54) is 24.3 Å². The molecule has 0 fully saturated rings. The van der Waals surface area contributed by atoms with Gasteiger partial charge in [-0.15, -0.1) is 0 Å². The monoisotopic (exact) mass is 260 g/mol. The summed E-state index contributed by atoms with van der Waals surface area (Å²) in [6.45, 7) is 0. The predicted octanol–water partition coefficient (Wildman–Crippen LogP) is 0.920. The minimum atomic E-state index is -1.16. The highest BCUT2D eigenvalue weighted by Gasteiger charge is 2.39. The molecule has 0 bridgehead atoms. The number of hydrogen-bond acceptors (Lipinski definition) is 2. The van der Waals surface area contributed by atoms with Crippen LogP contribution in [0.15, 0.2) is 48.1 Å². The van der Waals surface area contributed by atoms with Gasteiger partial charge in [0.1, 0.15) is 5.82 Å². The molecule has 19 heavy (non-hydrogen) atoms. The molecule has 0 aliphatic heterocycles. The third kappa shape index (κ3) is 2.27. The summed E-state index contributed by atoms with van der Waals surface area (Å²) >= 11 is 0. The first-order valence-corrected chi connectivity index (χ1v) is 5.70. The first-order chi connectivity index (χ1) is 8.95. The Morgan fingerprint density at radius 1 is 1.16 bits per heavy atom. The summed E-state index contributed by atoms with van der Waals surface area (Å²) < 4.78 is 13.0. The predicted molar refractivity (Wildman–Crippen MR) is 68.3 cm³/mol. The molecule has 4 nitrogen and oxygen atoms in total. The van der Waals surface area contributed by atoms with Gasteiger partial charge in [0.05, 0.1) is 5.41 Å². The molecule has 1 aliphatic rings. The van der Waals surface area contributed by atoms with Crippen molar-refractivity contribution in [1.29, 1.82) is 0 Å². The molecule has 0 heterocycles. The maximum absolute atomic E-state index is 13.0. The molecule has 0 spiro atoms. The zero-order chi connectivity index (χ0) is 14.0. The molecular weight excluding hydrogens is 247 g/mol. The van der Waals surface area contributed by atoms with Crippen LogP contribution >= 0.6 is 0 Å². The Bertz CT molecular complexity index is 590. The van der Waals surface area contributed by atoms with Gasteiger partial charge in [0.2, 0.25) is 11.8 Å². The van der Waals surface area contributed by atoms with Gasteiger partial charge in [0.15, 0.2) is 0 Å². The summed E-state index contributed by atoms with van der Waals surface area (Å²) in [5, 5.41) is 0. The van der Waals surface area contributed by atoms with Crippen LogP contribution in [0.25, 0.3) is 0 Å². The van der Waals surface area contributed by atoms with Crippen LogP contribution in [0.2, 0.25) is 0 Å².